The second-order valence-corrected chi connectivity index (χ2v) is 7.70. The van der Waals surface area contributed by atoms with Crippen LogP contribution in [0.5, 0.6) is 0 Å². The van der Waals surface area contributed by atoms with E-state index in [1.165, 1.54) is 35.0 Å². The van der Waals surface area contributed by atoms with E-state index in [4.69, 9.17) is 16.6 Å². The number of aryl methyl sites for hydroxylation is 2. The van der Waals surface area contributed by atoms with E-state index in [1.807, 2.05) is 6.92 Å². The summed E-state index contributed by atoms with van der Waals surface area (Å²) >= 11 is 9.01. The number of thiophene rings is 1. The maximum absolute atomic E-state index is 12.8. The van der Waals surface area contributed by atoms with Crippen LogP contribution in [-0.2, 0) is 19.4 Å². The van der Waals surface area contributed by atoms with Crippen molar-refractivity contribution in [2.24, 2.45) is 0 Å². The van der Waals surface area contributed by atoms with Gasteiger partial charge in [-0.25, -0.2) is 4.98 Å². The number of hydrogen-bond donors (Lipinski definition) is 0. The van der Waals surface area contributed by atoms with E-state index in [9.17, 15) is 4.79 Å². The molecule has 2 aromatic heterocycles. The first-order chi connectivity index (χ1) is 10.1. The SMILES string of the molecule is C=C(Cl)CSc1nc2sc3c(c2c(=O)n1CC)CCCC3. The highest BCUT2D eigenvalue weighted by atomic mass is 35.5. The molecule has 0 N–H and O–H groups in total. The summed E-state index contributed by atoms with van der Waals surface area (Å²) in [6.07, 6.45) is 4.49. The standard InChI is InChI=1S/C15H17ClN2OS2/c1-3-18-14(19)12-10-6-4-5-7-11(10)21-13(12)17-15(18)20-8-9(2)16/h2-8H2,1H3. The fourth-order valence-corrected chi connectivity index (χ4v) is 5.03. The van der Waals surface area contributed by atoms with Crippen LogP contribution >= 0.6 is 34.7 Å². The van der Waals surface area contributed by atoms with Crippen molar-refractivity contribution in [2.75, 3.05) is 5.75 Å². The fourth-order valence-electron chi connectivity index (χ4n) is 2.75. The lowest BCUT2D eigenvalue weighted by Crippen LogP contribution is -2.23. The van der Waals surface area contributed by atoms with Crippen molar-refractivity contribution in [3.8, 4) is 0 Å². The third-order valence-electron chi connectivity index (χ3n) is 3.71. The molecule has 3 rings (SSSR count). The van der Waals surface area contributed by atoms with E-state index in [-0.39, 0.29) is 5.56 Å². The number of halogens is 1. The van der Waals surface area contributed by atoms with Crippen LogP contribution in [0, 0.1) is 0 Å². The van der Waals surface area contributed by atoms with Crippen LogP contribution < -0.4 is 5.56 Å². The molecule has 6 heteroatoms. The van der Waals surface area contributed by atoms with Gasteiger partial charge in [0.25, 0.3) is 5.56 Å². The van der Waals surface area contributed by atoms with Crippen molar-refractivity contribution in [2.45, 2.75) is 44.3 Å². The largest absolute Gasteiger partial charge is 0.287 e. The van der Waals surface area contributed by atoms with Gasteiger partial charge in [0.05, 0.1) is 5.39 Å². The molecule has 0 amide bonds. The van der Waals surface area contributed by atoms with Gasteiger partial charge in [-0.05, 0) is 38.2 Å². The molecule has 0 fully saturated rings. The van der Waals surface area contributed by atoms with Crippen molar-refractivity contribution in [1.82, 2.24) is 9.55 Å². The minimum absolute atomic E-state index is 0.101. The van der Waals surface area contributed by atoms with Crippen molar-refractivity contribution in [3.05, 3.63) is 32.4 Å². The normalized spacial score (nSPS) is 14.4. The van der Waals surface area contributed by atoms with Crippen molar-refractivity contribution in [1.29, 1.82) is 0 Å². The van der Waals surface area contributed by atoms with Crippen LogP contribution in [0.1, 0.15) is 30.2 Å². The van der Waals surface area contributed by atoms with Crippen LogP contribution in [0.3, 0.4) is 0 Å². The van der Waals surface area contributed by atoms with Crippen LogP contribution in [0.25, 0.3) is 10.2 Å². The molecule has 2 aromatic rings. The van der Waals surface area contributed by atoms with Gasteiger partial charge in [-0.1, -0.05) is 29.9 Å². The van der Waals surface area contributed by atoms with Crippen molar-refractivity contribution in [3.63, 3.8) is 0 Å². The third-order valence-corrected chi connectivity index (χ3v) is 6.25. The number of nitrogens with zero attached hydrogens (tertiary/aromatic N) is 2. The predicted molar refractivity (Wildman–Crippen MR) is 91.9 cm³/mol. The monoisotopic (exact) mass is 340 g/mol. The number of thioether (sulfide) groups is 1. The Hall–Kier alpha value is -0.780. The lowest BCUT2D eigenvalue weighted by Gasteiger charge is -2.12. The highest BCUT2D eigenvalue weighted by Crippen LogP contribution is 2.34. The summed E-state index contributed by atoms with van der Waals surface area (Å²) in [4.78, 5) is 19.8. The summed E-state index contributed by atoms with van der Waals surface area (Å²) in [5, 5.41) is 2.17. The summed E-state index contributed by atoms with van der Waals surface area (Å²) < 4.78 is 1.76. The van der Waals surface area contributed by atoms with E-state index >= 15 is 0 Å². The van der Waals surface area contributed by atoms with Gasteiger partial charge in [-0.2, -0.15) is 0 Å². The van der Waals surface area contributed by atoms with E-state index in [1.54, 1.807) is 15.9 Å². The number of rotatable bonds is 4. The van der Waals surface area contributed by atoms with Gasteiger partial charge in [0.2, 0.25) is 0 Å². The van der Waals surface area contributed by atoms with Gasteiger partial charge in [-0.3, -0.25) is 9.36 Å². The van der Waals surface area contributed by atoms with E-state index < -0.39 is 0 Å². The Bertz CT molecular complexity index is 763. The second kappa shape index (κ2) is 6.15. The minimum Gasteiger partial charge on any atom is -0.287 e. The van der Waals surface area contributed by atoms with Crippen LogP contribution in [0.4, 0.5) is 0 Å². The first kappa shape index (κ1) is 15.1. The Morgan fingerprint density at radius 1 is 1.48 bits per heavy atom. The highest BCUT2D eigenvalue weighted by Gasteiger charge is 2.21. The molecule has 1 aliphatic rings. The Kier molecular flexibility index (Phi) is 4.43. The van der Waals surface area contributed by atoms with Crippen LogP contribution in [0.2, 0.25) is 0 Å². The number of hydrogen-bond acceptors (Lipinski definition) is 4. The molecule has 0 saturated carbocycles. The zero-order valence-electron chi connectivity index (χ0n) is 11.9. The van der Waals surface area contributed by atoms with Gasteiger partial charge >= 0.3 is 0 Å². The quantitative estimate of drug-likeness (QED) is 0.618. The second-order valence-electron chi connectivity index (χ2n) is 5.14. The molecule has 0 aliphatic heterocycles. The summed E-state index contributed by atoms with van der Waals surface area (Å²) in [6, 6.07) is 0. The first-order valence-corrected chi connectivity index (χ1v) is 9.31. The molecule has 0 bridgehead atoms. The van der Waals surface area contributed by atoms with Crippen LogP contribution in [0.15, 0.2) is 21.6 Å². The van der Waals surface area contributed by atoms with Crippen molar-refractivity contribution >= 4 is 44.9 Å². The molecule has 0 radical (unpaired) electrons. The molecule has 0 unspecified atom stereocenters. The zero-order chi connectivity index (χ0) is 15.0. The highest BCUT2D eigenvalue weighted by molar-refractivity contribution is 7.99. The molecule has 0 aromatic carbocycles. The Morgan fingerprint density at radius 3 is 2.95 bits per heavy atom. The van der Waals surface area contributed by atoms with Gasteiger partial charge in [-0.15, -0.1) is 11.3 Å². The molecule has 112 valence electrons. The van der Waals surface area contributed by atoms with Gasteiger partial charge in [0.15, 0.2) is 5.16 Å². The molecule has 0 spiro atoms. The average molecular weight is 341 g/mol. The molecule has 0 saturated heterocycles. The molecule has 1 aliphatic carbocycles. The minimum atomic E-state index is 0.101. The van der Waals surface area contributed by atoms with Crippen molar-refractivity contribution < 1.29 is 0 Å². The molecule has 21 heavy (non-hydrogen) atoms. The smallest absolute Gasteiger partial charge is 0.263 e. The summed E-state index contributed by atoms with van der Waals surface area (Å²) in [5.41, 5.74) is 1.35. The maximum Gasteiger partial charge on any atom is 0.263 e. The number of aromatic nitrogens is 2. The molecular weight excluding hydrogens is 324 g/mol. The van der Waals surface area contributed by atoms with E-state index in [0.29, 0.717) is 17.3 Å². The third kappa shape index (κ3) is 2.79. The van der Waals surface area contributed by atoms with Gasteiger partial charge < -0.3 is 0 Å². The predicted octanol–water partition coefficient (Wildman–Crippen LogP) is 4.20. The number of fused-ring (bicyclic) bond motifs is 3. The molecule has 3 nitrogen and oxygen atoms in total. The topological polar surface area (TPSA) is 34.9 Å². The zero-order valence-corrected chi connectivity index (χ0v) is 14.3. The lowest BCUT2D eigenvalue weighted by atomic mass is 9.97. The average Bonchev–Trinajstić information content (AvgIpc) is 2.83. The fraction of sp³-hybridized carbons (Fsp3) is 0.467. The lowest BCUT2D eigenvalue weighted by molar-refractivity contribution is 0.634. The summed E-state index contributed by atoms with van der Waals surface area (Å²) in [5.74, 6) is 0.574. The maximum atomic E-state index is 12.8. The summed E-state index contributed by atoms with van der Waals surface area (Å²) in [6.45, 7) is 6.30. The Morgan fingerprint density at radius 2 is 2.24 bits per heavy atom. The van der Waals surface area contributed by atoms with Gasteiger partial charge in [0.1, 0.15) is 4.83 Å². The molecule has 0 atom stereocenters. The van der Waals surface area contributed by atoms with E-state index in [0.717, 1.165) is 28.2 Å². The first-order valence-electron chi connectivity index (χ1n) is 7.13. The van der Waals surface area contributed by atoms with Crippen LogP contribution in [-0.4, -0.2) is 15.3 Å². The molecule has 2 heterocycles. The summed E-state index contributed by atoms with van der Waals surface area (Å²) in [7, 11) is 0. The Balaban J connectivity index is 2.17. The molecular formula is C15H17ClN2OS2. The Labute approximate surface area is 137 Å². The van der Waals surface area contributed by atoms with Gasteiger partial charge in [0, 0.05) is 22.2 Å². The van der Waals surface area contributed by atoms with E-state index in [2.05, 4.69) is 6.58 Å².